The smallest absolute Gasteiger partial charge is 0.249 e. The number of para-hydroxylation sites is 1. The maximum absolute atomic E-state index is 12.6. The Hall–Kier alpha value is -3.56. The molecule has 10 nitrogen and oxygen atoms in total. The summed E-state index contributed by atoms with van der Waals surface area (Å²) >= 11 is 0. The minimum absolute atomic E-state index is 0.0660. The average molecular weight is 420 g/mol. The highest BCUT2D eigenvalue weighted by atomic mass is 16.5. The third-order valence-electron chi connectivity index (χ3n) is 5.74. The Kier molecular flexibility index (Phi) is 4.97. The van der Waals surface area contributed by atoms with Gasteiger partial charge in [-0.25, -0.2) is 0 Å². The van der Waals surface area contributed by atoms with Crippen LogP contribution in [0.2, 0.25) is 0 Å². The molecule has 1 saturated carbocycles. The van der Waals surface area contributed by atoms with Gasteiger partial charge < -0.3 is 20.1 Å². The number of hydrogen-bond donors (Lipinski definition) is 1. The molecule has 2 N–H and O–H groups in total. The number of anilines is 3. The first-order valence-electron chi connectivity index (χ1n) is 10.5. The maximum atomic E-state index is 12.6. The van der Waals surface area contributed by atoms with E-state index in [1.165, 1.54) is 0 Å². The zero-order chi connectivity index (χ0) is 21.4. The number of likely N-dealkylation sites (tertiary alicyclic amines) is 1. The molecule has 1 amide bonds. The molecule has 2 aliphatic rings. The minimum Gasteiger partial charge on any atom is -0.368 e. The molecule has 1 saturated heterocycles. The molecule has 2 fully saturated rings. The molecule has 1 aliphatic heterocycles. The molecule has 0 bridgehead atoms. The molecular weight excluding hydrogens is 396 g/mol. The zero-order valence-electron chi connectivity index (χ0n) is 17.3. The van der Waals surface area contributed by atoms with Crippen LogP contribution in [0.1, 0.15) is 44.0 Å². The quantitative estimate of drug-likeness (QED) is 0.640. The zero-order valence-corrected chi connectivity index (χ0v) is 17.3. The molecule has 160 valence electrons. The minimum atomic E-state index is -0.196. The van der Waals surface area contributed by atoms with Gasteiger partial charge in [0, 0.05) is 25.7 Å². The Morgan fingerprint density at radius 1 is 1.13 bits per heavy atom. The van der Waals surface area contributed by atoms with E-state index in [0.29, 0.717) is 24.2 Å². The third kappa shape index (κ3) is 4.05. The van der Waals surface area contributed by atoms with Crippen molar-refractivity contribution in [2.45, 2.75) is 38.1 Å². The van der Waals surface area contributed by atoms with E-state index in [1.807, 2.05) is 42.3 Å². The van der Waals surface area contributed by atoms with Crippen LogP contribution in [0.4, 0.5) is 17.6 Å². The number of rotatable bonds is 6. The lowest BCUT2D eigenvalue weighted by molar-refractivity contribution is -0.132. The Morgan fingerprint density at radius 3 is 2.71 bits per heavy atom. The van der Waals surface area contributed by atoms with Gasteiger partial charge in [-0.15, -0.1) is 0 Å². The van der Waals surface area contributed by atoms with Crippen LogP contribution in [0.25, 0.3) is 11.6 Å². The lowest BCUT2D eigenvalue weighted by Gasteiger charge is -2.21. The highest BCUT2D eigenvalue weighted by Crippen LogP contribution is 2.37. The largest absolute Gasteiger partial charge is 0.368 e. The number of aromatic nitrogens is 5. The summed E-state index contributed by atoms with van der Waals surface area (Å²) in [6.07, 6.45) is 4.63. The van der Waals surface area contributed by atoms with Crippen molar-refractivity contribution in [2.24, 2.45) is 5.92 Å². The second kappa shape index (κ2) is 7.93. The number of carbonyl (C=O) groups is 1. The van der Waals surface area contributed by atoms with E-state index in [-0.39, 0.29) is 29.5 Å². The summed E-state index contributed by atoms with van der Waals surface area (Å²) in [4.78, 5) is 33.7. The molecule has 3 heterocycles. The summed E-state index contributed by atoms with van der Waals surface area (Å²) in [6, 6.07) is 9.49. The van der Waals surface area contributed by atoms with Crippen LogP contribution in [0.15, 0.2) is 34.9 Å². The van der Waals surface area contributed by atoms with Crippen LogP contribution in [0.3, 0.4) is 0 Å². The summed E-state index contributed by atoms with van der Waals surface area (Å²) < 4.78 is 5.52. The van der Waals surface area contributed by atoms with Crippen molar-refractivity contribution < 1.29 is 9.32 Å². The number of nitrogens with two attached hydrogens (primary N) is 1. The van der Waals surface area contributed by atoms with Gasteiger partial charge in [-0.3, -0.25) is 4.79 Å². The van der Waals surface area contributed by atoms with Crippen molar-refractivity contribution >= 4 is 23.5 Å². The standard InChI is InChI=1S/C21H24N8O2/c1-28(14-6-3-2-4-7-14)21-25-17(24-20(22)26-21)18-23-19(31-27-18)15-8-5-11-29(15)16(30)12-13-9-10-13/h2-4,6-7,13,15H,5,8-12H2,1H3,(H2,22,24,25,26). The van der Waals surface area contributed by atoms with E-state index in [9.17, 15) is 4.79 Å². The molecule has 1 atom stereocenters. The van der Waals surface area contributed by atoms with Crippen LogP contribution in [-0.2, 0) is 4.79 Å². The van der Waals surface area contributed by atoms with Crippen molar-refractivity contribution in [1.29, 1.82) is 0 Å². The number of hydrogen-bond acceptors (Lipinski definition) is 9. The second-order valence-electron chi connectivity index (χ2n) is 8.06. The lowest BCUT2D eigenvalue weighted by Crippen LogP contribution is -2.30. The van der Waals surface area contributed by atoms with Gasteiger partial charge in [-0.2, -0.15) is 19.9 Å². The molecule has 0 radical (unpaired) electrons. The van der Waals surface area contributed by atoms with E-state index >= 15 is 0 Å². The predicted molar refractivity (Wildman–Crippen MR) is 113 cm³/mol. The van der Waals surface area contributed by atoms with Crippen LogP contribution in [0, 0.1) is 5.92 Å². The Labute approximate surface area is 179 Å². The van der Waals surface area contributed by atoms with E-state index < -0.39 is 0 Å². The fraction of sp³-hybridized carbons (Fsp3) is 0.429. The van der Waals surface area contributed by atoms with E-state index in [4.69, 9.17) is 10.3 Å². The van der Waals surface area contributed by atoms with E-state index in [0.717, 1.165) is 37.9 Å². The second-order valence-corrected chi connectivity index (χ2v) is 8.06. The Morgan fingerprint density at radius 2 is 1.94 bits per heavy atom. The Balaban J connectivity index is 1.39. The average Bonchev–Trinajstić information content (AvgIpc) is 3.26. The number of amides is 1. The normalized spacial score (nSPS) is 18.4. The van der Waals surface area contributed by atoms with Crippen molar-refractivity contribution in [2.75, 3.05) is 24.2 Å². The Bertz CT molecular complexity index is 1080. The number of nitrogen functional groups attached to an aromatic ring is 1. The van der Waals surface area contributed by atoms with E-state index in [2.05, 4.69) is 25.1 Å². The van der Waals surface area contributed by atoms with Crippen molar-refractivity contribution in [3.8, 4) is 11.6 Å². The molecule has 10 heteroatoms. The van der Waals surface area contributed by atoms with Gasteiger partial charge in [0.1, 0.15) is 6.04 Å². The van der Waals surface area contributed by atoms with Gasteiger partial charge in [0.15, 0.2) is 0 Å². The van der Waals surface area contributed by atoms with Gasteiger partial charge in [0.2, 0.25) is 35.3 Å². The highest BCUT2D eigenvalue weighted by molar-refractivity contribution is 5.77. The van der Waals surface area contributed by atoms with Crippen LogP contribution in [-0.4, -0.2) is 49.5 Å². The van der Waals surface area contributed by atoms with Crippen LogP contribution >= 0.6 is 0 Å². The lowest BCUT2D eigenvalue weighted by atomic mass is 10.2. The maximum Gasteiger partial charge on any atom is 0.249 e. The number of carbonyl (C=O) groups excluding carboxylic acids is 1. The summed E-state index contributed by atoms with van der Waals surface area (Å²) in [5, 5.41) is 4.06. The van der Waals surface area contributed by atoms with Gasteiger partial charge in [-0.05, 0) is 43.7 Å². The summed E-state index contributed by atoms with van der Waals surface area (Å²) in [6.45, 7) is 0.721. The first kappa shape index (κ1) is 19.4. The van der Waals surface area contributed by atoms with Crippen LogP contribution in [0.5, 0.6) is 0 Å². The van der Waals surface area contributed by atoms with Crippen molar-refractivity contribution in [3.05, 3.63) is 36.2 Å². The highest BCUT2D eigenvalue weighted by Gasteiger charge is 2.36. The third-order valence-corrected chi connectivity index (χ3v) is 5.74. The fourth-order valence-corrected chi connectivity index (χ4v) is 3.87. The molecule has 1 aromatic carbocycles. The molecule has 2 aromatic heterocycles. The van der Waals surface area contributed by atoms with Gasteiger partial charge in [0.05, 0.1) is 0 Å². The summed E-state index contributed by atoms with van der Waals surface area (Å²) in [7, 11) is 1.84. The first-order valence-corrected chi connectivity index (χ1v) is 10.5. The number of nitrogens with zero attached hydrogens (tertiary/aromatic N) is 7. The molecule has 1 aliphatic carbocycles. The topological polar surface area (TPSA) is 127 Å². The molecule has 0 spiro atoms. The monoisotopic (exact) mass is 420 g/mol. The summed E-state index contributed by atoms with van der Waals surface area (Å²) in [5.41, 5.74) is 6.83. The predicted octanol–water partition coefficient (Wildman–Crippen LogP) is 2.74. The molecule has 1 unspecified atom stereocenters. The molecule has 3 aromatic rings. The number of benzene rings is 1. The first-order chi connectivity index (χ1) is 15.1. The molecule has 31 heavy (non-hydrogen) atoms. The van der Waals surface area contributed by atoms with Gasteiger partial charge in [0.25, 0.3) is 0 Å². The van der Waals surface area contributed by atoms with Crippen LogP contribution < -0.4 is 10.6 Å². The van der Waals surface area contributed by atoms with Gasteiger partial charge in [-0.1, -0.05) is 23.4 Å². The van der Waals surface area contributed by atoms with Gasteiger partial charge >= 0.3 is 0 Å². The summed E-state index contributed by atoms with van der Waals surface area (Å²) in [5.74, 6) is 2.02. The fourth-order valence-electron chi connectivity index (χ4n) is 3.87. The molecular formula is C21H24N8O2. The molecule has 5 rings (SSSR count). The van der Waals surface area contributed by atoms with E-state index in [1.54, 1.807) is 4.90 Å². The van der Waals surface area contributed by atoms with Crippen molar-refractivity contribution in [3.63, 3.8) is 0 Å². The SMILES string of the molecule is CN(c1ccccc1)c1nc(N)nc(-c2noc(C3CCCN3C(=O)CC3CC3)n2)n1. The van der Waals surface area contributed by atoms with Crippen molar-refractivity contribution in [1.82, 2.24) is 30.0 Å².